The highest BCUT2D eigenvalue weighted by Crippen LogP contribution is 2.16. The Morgan fingerprint density at radius 3 is 2.52 bits per heavy atom. The quantitative estimate of drug-likeness (QED) is 0.826. The summed E-state index contributed by atoms with van der Waals surface area (Å²) in [6, 6.07) is 14.4. The zero-order valence-electron chi connectivity index (χ0n) is 12.6. The molecule has 0 unspecified atom stereocenters. The fourth-order valence-electron chi connectivity index (χ4n) is 2.08. The van der Waals surface area contributed by atoms with Crippen LogP contribution in [0.3, 0.4) is 0 Å². The summed E-state index contributed by atoms with van der Waals surface area (Å²) in [4.78, 5) is 0. The van der Waals surface area contributed by atoms with E-state index in [1.807, 2.05) is 18.2 Å². The Labute approximate surface area is 126 Å². The molecule has 0 aromatic heterocycles. The normalized spacial score (nSPS) is 10.9. The smallest absolute Gasteiger partial charge is 0.126 e. The summed E-state index contributed by atoms with van der Waals surface area (Å²) in [6.45, 7) is 6.63. The molecule has 21 heavy (non-hydrogen) atoms. The highest BCUT2D eigenvalue weighted by Gasteiger charge is 2.04. The molecular weight excluding hydrogens is 265 g/mol. The van der Waals surface area contributed by atoms with E-state index in [-0.39, 0.29) is 5.82 Å². The van der Waals surface area contributed by atoms with E-state index in [2.05, 4.69) is 25.2 Å². The van der Waals surface area contributed by atoms with Gasteiger partial charge in [-0.05, 0) is 35.7 Å². The number of hydrogen-bond donors (Lipinski definition) is 1. The van der Waals surface area contributed by atoms with Gasteiger partial charge in [0, 0.05) is 12.6 Å². The molecule has 0 atom stereocenters. The molecule has 1 N–H and O–H groups in total. The maximum atomic E-state index is 13.1. The molecular formula is C18H22FNO. The summed E-state index contributed by atoms with van der Waals surface area (Å²) < 4.78 is 18.8. The summed E-state index contributed by atoms with van der Waals surface area (Å²) in [5.74, 6) is 0.903. The molecule has 0 heterocycles. The number of halogens is 1. The lowest BCUT2D eigenvalue weighted by Gasteiger charge is -2.13. The molecule has 2 nitrogen and oxygen atoms in total. The third-order valence-electron chi connectivity index (χ3n) is 3.18. The zero-order valence-corrected chi connectivity index (χ0v) is 12.6. The van der Waals surface area contributed by atoms with Crippen LogP contribution in [0.25, 0.3) is 0 Å². The summed E-state index contributed by atoms with van der Waals surface area (Å²) in [5.41, 5.74) is 2.34. The average Bonchev–Trinajstić information content (AvgIpc) is 2.46. The van der Waals surface area contributed by atoms with E-state index >= 15 is 0 Å². The summed E-state index contributed by atoms with van der Waals surface area (Å²) >= 11 is 0. The molecule has 2 aromatic carbocycles. The first kappa shape index (κ1) is 15.5. The van der Waals surface area contributed by atoms with Gasteiger partial charge in [0.15, 0.2) is 0 Å². The van der Waals surface area contributed by atoms with Crippen molar-refractivity contribution in [2.24, 2.45) is 5.92 Å². The highest BCUT2D eigenvalue weighted by molar-refractivity contribution is 5.28. The van der Waals surface area contributed by atoms with E-state index in [0.717, 1.165) is 18.7 Å². The summed E-state index contributed by atoms with van der Waals surface area (Å²) in [5, 5.41) is 3.43. The van der Waals surface area contributed by atoms with Crippen molar-refractivity contribution >= 4 is 0 Å². The minimum atomic E-state index is -0.278. The van der Waals surface area contributed by atoms with Gasteiger partial charge in [-0.25, -0.2) is 4.39 Å². The Morgan fingerprint density at radius 2 is 1.81 bits per heavy atom. The topological polar surface area (TPSA) is 21.3 Å². The van der Waals surface area contributed by atoms with Gasteiger partial charge >= 0.3 is 0 Å². The van der Waals surface area contributed by atoms with Crippen molar-refractivity contribution in [3.05, 3.63) is 65.5 Å². The van der Waals surface area contributed by atoms with Crippen LogP contribution < -0.4 is 10.1 Å². The first-order valence-corrected chi connectivity index (χ1v) is 7.31. The van der Waals surface area contributed by atoms with E-state index in [0.29, 0.717) is 18.3 Å². The van der Waals surface area contributed by atoms with Crippen LogP contribution >= 0.6 is 0 Å². The number of ether oxygens (including phenoxy) is 1. The standard InChI is InChI=1S/C18H22FNO/c1-14(2)11-20-12-15-6-3-4-7-16(15)13-21-18-9-5-8-17(19)10-18/h3-10,14,20H,11-13H2,1-2H3. The molecule has 0 aliphatic rings. The van der Waals surface area contributed by atoms with Crippen LogP contribution in [0, 0.1) is 11.7 Å². The third-order valence-corrected chi connectivity index (χ3v) is 3.18. The largest absolute Gasteiger partial charge is 0.489 e. The van der Waals surface area contributed by atoms with Crippen molar-refractivity contribution in [2.45, 2.75) is 27.0 Å². The van der Waals surface area contributed by atoms with E-state index in [4.69, 9.17) is 4.74 Å². The molecule has 0 saturated heterocycles. The molecule has 0 aliphatic heterocycles. The van der Waals surface area contributed by atoms with Gasteiger partial charge in [0.1, 0.15) is 18.2 Å². The number of benzene rings is 2. The van der Waals surface area contributed by atoms with Crippen molar-refractivity contribution in [1.82, 2.24) is 5.32 Å². The Hall–Kier alpha value is -1.87. The second-order valence-corrected chi connectivity index (χ2v) is 5.54. The van der Waals surface area contributed by atoms with Crippen molar-refractivity contribution in [3.63, 3.8) is 0 Å². The maximum Gasteiger partial charge on any atom is 0.126 e. The fourth-order valence-corrected chi connectivity index (χ4v) is 2.08. The molecule has 0 amide bonds. The van der Waals surface area contributed by atoms with Crippen LogP contribution in [0.5, 0.6) is 5.75 Å². The molecule has 0 radical (unpaired) electrons. The Morgan fingerprint density at radius 1 is 1.05 bits per heavy atom. The van der Waals surface area contributed by atoms with Crippen LogP contribution in [-0.4, -0.2) is 6.54 Å². The van der Waals surface area contributed by atoms with Crippen LogP contribution in [-0.2, 0) is 13.2 Å². The van der Waals surface area contributed by atoms with Crippen LogP contribution in [0.2, 0.25) is 0 Å². The van der Waals surface area contributed by atoms with Crippen LogP contribution in [0.15, 0.2) is 48.5 Å². The van der Waals surface area contributed by atoms with Gasteiger partial charge in [-0.3, -0.25) is 0 Å². The Bertz CT molecular complexity index is 569. The van der Waals surface area contributed by atoms with Crippen molar-refractivity contribution in [3.8, 4) is 5.75 Å². The van der Waals surface area contributed by atoms with Gasteiger partial charge in [0.2, 0.25) is 0 Å². The van der Waals surface area contributed by atoms with E-state index in [1.165, 1.54) is 17.7 Å². The van der Waals surface area contributed by atoms with Gasteiger partial charge < -0.3 is 10.1 Å². The van der Waals surface area contributed by atoms with Crippen molar-refractivity contribution < 1.29 is 9.13 Å². The fraction of sp³-hybridized carbons (Fsp3) is 0.333. The lowest BCUT2D eigenvalue weighted by Crippen LogP contribution is -2.20. The molecule has 0 aliphatic carbocycles. The minimum absolute atomic E-state index is 0.278. The lowest BCUT2D eigenvalue weighted by atomic mass is 10.1. The average molecular weight is 287 g/mol. The van der Waals surface area contributed by atoms with E-state index < -0.39 is 0 Å². The predicted molar refractivity (Wildman–Crippen MR) is 83.7 cm³/mol. The highest BCUT2D eigenvalue weighted by atomic mass is 19.1. The van der Waals surface area contributed by atoms with Crippen molar-refractivity contribution in [1.29, 1.82) is 0 Å². The molecule has 3 heteroatoms. The minimum Gasteiger partial charge on any atom is -0.489 e. The van der Waals surface area contributed by atoms with Gasteiger partial charge in [0.25, 0.3) is 0 Å². The second-order valence-electron chi connectivity index (χ2n) is 5.54. The Kier molecular flexibility index (Phi) is 5.76. The molecule has 112 valence electrons. The first-order valence-electron chi connectivity index (χ1n) is 7.31. The molecule has 0 fully saturated rings. The molecule has 0 saturated carbocycles. The molecule has 2 rings (SSSR count). The maximum absolute atomic E-state index is 13.1. The van der Waals surface area contributed by atoms with E-state index in [9.17, 15) is 4.39 Å². The van der Waals surface area contributed by atoms with Crippen molar-refractivity contribution in [2.75, 3.05) is 6.54 Å². The van der Waals surface area contributed by atoms with Gasteiger partial charge in [-0.2, -0.15) is 0 Å². The summed E-state index contributed by atoms with van der Waals surface area (Å²) in [6.07, 6.45) is 0. The molecule has 0 spiro atoms. The number of rotatable bonds is 7. The van der Waals surface area contributed by atoms with Gasteiger partial charge in [-0.1, -0.05) is 44.2 Å². The summed E-state index contributed by atoms with van der Waals surface area (Å²) in [7, 11) is 0. The number of nitrogens with one attached hydrogen (secondary N) is 1. The van der Waals surface area contributed by atoms with Gasteiger partial charge in [0.05, 0.1) is 0 Å². The monoisotopic (exact) mass is 287 g/mol. The Balaban J connectivity index is 1.96. The number of hydrogen-bond acceptors (Lipinski definition) is 2. The van der Waals surface area contributed by atoms with Crippen LogP contribution in [0.1, 0.15) is 25.0 Å². The molecule has 2 aromatic rings. The first-order chi connectivity index (χ1) is 10.1. The van der Waals surface area contributed by atoms with Gasteiger partial charge in [-0.15, -0.1) is 0 Å². The molecule has 0 bridgehead atoms. The third kappa shape index (κ3) is 5.20. The predicted octanol–water partition coefficient (Wildman–Crippen LogP) is 4.15. The van der Waals surface area contributed by atoms with Crippen LogP contribution in [0.4, 0.5) is 4.39 Å². The zero-order chi connectivity index (χ0) is 15.1. The second kappa shape index (κ2) is 7.79. The SMILES string of the molecule is CC(C)CNCc1ccccc1COc1cccc(F)c1. The van der Waals surface area contributed by atoms with E-state index in [1.54, 1.807) is 12.1 Å². The lowest BCUT2D eigenvalue weighted by molar-refractivity contribution is 0.303.